The van der Waals surface area contributed by atoms with E-state index in [1.165, 1.54) is 4.90 Å². The van der Waals surface area contributed by atoms with E-state index in [4.69, 9.17) is 5.11 Å². The minimum atomic E-state index is -2.04. The molecule has 19 heavy (non-hydrogen) atoms. The lowest BCUT2D eigenvalue weighted by atomic mass is 10.1. The van der Waals surface area contributed by atoms with Crippen molar-refractivity contribution in [2.75, 3.05) is 4.90 Å². The van der Waals surface area contributed by atoms with Gasteiger partial charge in [0.05, 0.1) is 0 Å². The second-order valence-corrected chi connectivity index (χ2v) is 4.76. The third-order valence-electron chi connectivity index (χ3n) is 3.78. The van der Waals surface area contributed by atoms with Gasteiger partial charge in [0.1, 0.15) is 11.3 Å². The number of rotatable bonds is 2. The third kappa shape index (κ3) is 1.53. The fourth-order valence-electron chi connectivity index (χ4n) is 2.90. The average molecular weight is 275 g/mol. The Bertz CT molecular complexity index is 551. The van der Waals surface area contributed by atoms with Crippen LogP contribution in [0.25, 0.3) is 0 Å². The number of anilines is 1. The monoisotopic (exact) mass is 275 g/mol. The summed E-state index contributed by atoms with van der Waals surface area (Å²) in [5.74, 6) is -9.01. The summed E-state index contributed by atoms with van der Waals surface area (Å²) < 4.78 is 54.6. The van der Waals surface area contributed by atoms with Crippen LogP contribution in [-0.4, -0.2) is 23.2 Å². The van der Waals surface area contributed by atoms with E-state index in [0.717, 1.165) is 6.42 Å². The molecule has 2 atom stereocenters. The van der Waals surface area contributed by atoms with E-state index in [9.17, 15) is 22.4 Å². The van der Waals surface area contributed by atoms with Gasteiger partial charge in [-0.3, -0.25) is 0 Å². The lowest BCUT2D eigenvalue weighted by Crippen LogP contribution is -2.15. The number of carboxylic acids is 1. The minimum absolute atomic E-state index is 0.0986. The summed E-state index contributed by atoms with van der Waals surface area (Å²) in [6, 6.07) is -0.197. The van der Waals surface area contributed by atoms with Crippen LogP contribution in [0.5, 0.6) is 0 Å². The number of piperidine rings is 1. The molecular weight excluding hydrogens is 266 g/mol. The first-order valence-electron chi connectivity index (χ1n) is 5.82. The zero-order valence-corrected chi connectivity index (χ0v) is 9.59. The zero-order chi connectivity index (χ0) is 13.9. The molecule has 0 spiro atoms. The predicted molar refractivity (Wildman–Crippen MR) is 57.1 cm³/mol. The van der Waals surface area contributed by atoms with Crippen LogP contribution in [0.3, 0.4) is 0 Å². The standard InChI is InChI=1S/C12H9F4NO2/c13-7-6(12(18)19)8(14)10(16)11(9(7)15)17-4-2-1-3-5(4)17/h4-5H,1-3H2,(H,18,19). The van der Waals surface area contributed by atoms with Crippen LogP contribution in [0.1, 0.15) is 29.6 Å². The van der Waals surface area contributed by atoms with E-state index >= 15 is 0 Å². The van der Waals surface area contributed by atoms with E-state index in [1.807, 2.05) is 0 Å². The van der Waals surface area contributed by atoms with E-state index in [-0.39, 0.29) is 12.1 Å². The van der Waals surface area contributed by atoms with Crippen LogP contribution < -0.4 is 4.90 Å². The number of hydrogen-bond acceptors (Lipinski definition) is 2. The summed E-state index contributed by atoms with van der Waals surface area (Å²) in [4.78, 5) is 11.9. The smallest absolute Gasteiger partial charge is 0.341 e. The predicted octanol–water partition coefficient (Wildman–Crippen LogP) is 2.68. The molecule has 0 radical (unpaired) electrons. The lowest BCUT2D eigenvalue weighted by Gasteiger charge is -2.14. The van der Waals surface area contributed by atoms with Crippen LogP contribution >= 0.6 is 0 Å². The molecule has 2 fully saturated rings. The molecule has 1 saturated carbocycles. The van der Waals surface area contributed by atoms with E-state index in [1.54, 1.807) is 0 Å². The van der Waals surface area contributed by atoms with Crippen molar-refractivity contribution in [3.05, 3.63) is 28.8 Å². The molecule has 1 aromatic rings. The largest absolute Gasteiger partial charge is 0.477 e. The first-order valence-corrected chi connectivity index (χ1v) is 5.82. The van der Waals surface area contributed by atoms with Gasteiger partial charge in [0, 0.05) is 12.1 Å². The number of halogens is 4. The maximum atomic E-state index is 13.8. The summed E-state index contributed by atoms with van der Waals surface area (Å²) in [7, 11) is 0. The van der Waals surface area contributed by atoms with Crippen molar-refractivity contribution in [1.82, 2.24) is 0 Å². The summed E-state index contributed by atoms with van der Waals surface area (Å²) in [6.07, 6.45) is 2.34. The molecule has 1 aliphatic carbocycles. The molecule has 1 saturated heterocycles. The Hall–Kier alpha value is -1.79. The summed E-state index contributed by atoms with van der Waals surface area (Å²) in [5, 5.41) is 8.57. The van der Waals surface area contributed by atoms with Crippen molar-refractivity contribution in [1.29, 1.82) is 0 Å². The van der Waals surface area contributed by atoms with Crippen LogP contribution in [0.4, 0.5) is 23.2 Å². The summed E-state index contributed by atoms with van der Waals surface area (Å²) in [6.45, 7) is 0. The number of benzene rings is 1. The van der Waals surface area contributed by atoms with E-state index in [2.05, 4.69) is 0 Å². The second kappa shape index (κ2) is 3.85. The highest BCUT2D eigenvalue weighted by atomic mass is 19.2. The third-order valence-corrected chi connectivity index (χ3v) is 3.78. The number of carbonyl (C=O) groups is 1. The molecular formula is C12H9F4NO2. The SMILES string of the molecule is O=C(O)c1c(F)c(F)c(N2C3CCCC32)c(F)c1F. The van der Waals surface area contributed by atoms with Gasteiger partial charge in [0.15, 0.2) is 23.3 Å². The van der Waals surface area contributed by atoms with Crippen molar-refractivity contribution in [2.45, 2.75) is 31.3 Å². The summed E-state index contributed by atoms with van der Waals surface area (Å²) >= 11 is 0. The molecule has 102 valence electrons. The maximum absolute atomic E-state index is 13.8. The Morgan fingerprint density at radius 3 is 1.89 bits per heavy atom. The maximum Gasteiger partial charge on any atom is 0.341 e. The van der Waals surface area contributed by atoms with Crippen molar-refractivity contribution in [2.24, 2.45) is 0 Å². The summed E-state index contributed by atoms with van der Waals surface area (Å²) in [5.41, 5.74) is -2.37. The Kier molecular flexibility index (Phi) is 2.48. The van der Waals surface area contributed by atoms with Gasteiger partial charge in [-0.05, 0) is 19.3 Å². The van der Waals surface area contributed by atoms with Gasteiger partial charge in [-0.2, -0.15) is 0 Å². The number of fused-ring (bicyclic) bond motifs is 1. The van der Waals surface area contributed by atoms with Gasteiger partial charge in [-0.15, -0.1) is 0 Å². The Morgan fingerprint density at radius 1 is 1.00 bits per heavy atom. The molecule has 2 unspecified atom stereocenters. The van der Waals surface area contributed by atoms with Crippen molar-refractivity contribution in [3.8, 4) is 0 Å². The molecule has 1 aromatic carbocycles. The highest BCUT2D eigenvalue weighted by Gasteiger charge is 2.53. The van der Waals surface area contributed by atoms with Crippen LogP contribution in [0.2, 0.25) is 0 Å². The Morgan fingerprint density at radius 2 is 1.47 bits per heavy atom. The molecule has 3 rings (SSSR count). The fraction of sp³-hybridized carbons (Fsp3) is 0.417. The first-order chi connectivity index (χ1) is 8.95. The van der Waals surface area contributed by atoms with Crippen LogP contribution in [0.15, 0.2) is 0 Å². The zero-order valence-electron chi connectivity index (χ0n) is 9.59. The number of hydrogen-bond donors (Lipinski definition) is 1. The first kappa shape index (κ1) is 12.3. The van der Waals surface area contributed by atoms with Gasteiger partial charge < -0.3 is 10.0 Å². The number of nitrogens with zero attached hydrogens (tertiary/aromatic N) is 1. The highest BCUT2D eigenvalue weighted by molar-refractivity contribution is 5.89. The molecule has 1 N–H and O–H groups in total. The average Bonchev–Trinajstić information content (AvgIpc) is 2.82. The van der Waals surface area contributed by atoms with Gasteiger partial charge in [-0.25, -0.2) is 22.4 Å². The normalized spacial score (nSPS) is 24.5. The fourth-order valence-corrected chi connectivity index (χ4v) is 2.90. The van der Waals surface area contributed by atoms with Gasteiger partial charge in [-0.1, -0.05) is 0 Å². The lowest BCUT2D eigenvalue weighted by molar-refractivity contribution is 0.0683. The van der Waals surface area contributed by atoms with Crippen LogP contribution in [0, 0.1) is 23.3 Å². The molecule has 1 aliphatic heterocycles. The van der Waals surface area contributed by atoms with E-state index in [0.29, 0.717) is 12.8 Å². The molecule has 3 nitrogen and oxygen atoms in total. The van der Waals surface area contributed by atoms with Gasteiger partial charge in [0.2, 0.25) is 0 Å². The molecule has 7 heteroatoms. The van der Waals surface area contributed by atoms with E-state index < -0.39 is 40.5 Å². The molecule has 0 amide bonds. The van der Waals surface area contributed by atoms with Crippen molar-refractivity contribution < 1.29 is 27.5 Å². The highest BCUT2D eigenvalue weighted by Crippen LogP contribution is 2.48. The number of carboxylic acid groups (broad SMARTS) is 1. The topological polar surface area (TPSA) is 40.3 Å². The minimum Gasteiger partial charge on any atom is -0.477 e. The quantitative estimate of drug-likeness (QED) is 0.512. The second-order valence-electron chi connectivity index (χ2n) is 4.76. The van der Waals surface area contributed by atoms with Crippen molar-refractivity contribution >= 4 is 11.7 Å². The molecule has 1 heterocycles. The Balaban J connectivity index is 2.14. The van der Waals surface area contributed by atoms with Crippen LogP contribution in [-0.2, 0) is 0 Å². The van der Waals surface area contributed by atoms with Gasteiger partial charge in [0.25, 0.3) is 0 Å². The van der Waals surface area contributed by atoms with Crippen molar-refractivity contribution in [3.63, 3.8) is 0 Å². The Labute approximate surface area is 105 Å². The molecule has 2 aliphatic rings. The molecule has 0 bridgehead atoms. The number of aromatic carboxylic acids is 1. The van der Waals surface area contributed by atoms with Gasteiger partial charge >= 0.3 is 5.97 Å². The molecule has 0 aromatic heterocycles.